The van der Waals surface area contributed by atoms with Crippen LogP contribution in [0, 0.1) is 0 Å². The number of rotatable bonds is 6. The van der Waals surface area contributed by atoms with Gasteiger partial charge in [0.15, 0.2) is 0 Å². The maximum absolute atomic E-state index is 11.1. The fraction of sp³-hybridized carbons (Fsp3) is 0.200. The van der Waals surface area contributed by atoms with Gasteiger partial charge in [0.05, 0.1) is 6.61 Å². The highest BCUT2D eigenvalue weighted by molar-refractivity contribution is 8.05. The number of halogens is 2. The molecule has 0 aliphatic rings. The Morgan fingerprint density at radius 2 is 1.36 bits per heavy atom. The topological polar surface area (TPSA) is 26.3 Å². The van der Waals surface area contributed by atoms with Gasteiger partial charge in [-0.05, 0) is 79.6 Å². The summed E-state index contributed by atoms with van der Waals surface area (Å²) in [6, 6.07) is 19.8. The van der Waals surface area contributed by atoms with E-state index in [1.165, 1.54) is 37.9 Å². The molecule has 0 heterocycles. The molecule has 0 aliphatic carbocycles. The van der Waals surface area contributed by atoms with E-state index in [-0.39, 0.29) is 0 Å². The van der Waals surface area contributed by atoms with Gasteiger partial charge >= 0.3 is 6.07 Å². The number of benzene rings is 4. The van der Waals surface area contributed by atoms with Gasteiger partial charge in [0, 0.05) is 0 Å². The van der Waals surface area contributed by atoms with E-state index < -0.39 is 6.07 Å². The molecule has 128 valence electrons. The predicted octanol–water partition coefficient (Wildman–Crippen LogP) is 7.51. The monoisotopic (exact) mass is 390 g/mol. The highest BCUT2D eigenvalue weighted by atomic mass is 35.9. The summed E-state index contributed by atoms with van der Waals surface area (Å²) in [5.74, 6) is 0. The van der Waals surface area contributed by atoms with Crippen LogP contribution >= 0.6 is 28.6 Å². The van der Waals surface area contributed by atoms with E-state index in [1.54, 1.807) is 0 Å². The Morgan fingerprint density at radius 3 is 1.96 bits per heavy atom. The minimum Gasteiger partial charge on any atom is -0.306 e. The normalized spacial score (nSPS) is 12.6. The molecule has 0 fully saturated rings. The summed E-state index contributed by atoms with van der Waals surface area (Å²) in [5.41, 5.74) is 1.30. The van der Waals surface area contributed by atoms with Crippen LogP contribution in [-0.4, -0.2) is 6.61 Å². The average molecular weight is 391 g/mol. The average Bonchev–Trinajstić information content (AvgIpc) is 2.58. The Hall–Kier alpha value is -1.31. The molecular weight excluding hydrogens is 374 g/mol. The largest absolute Gasteiger partial charge is 0.380 e. The van der Waals surface area contributed by atoms with Crippen molar-refractivity contribution in [2.24, 2.45) is 0 Å². The van der Waals surface area contributed by atoms with Gasteiger partial charge in [-0.2, -0.15) is 0 Å². The second-order valence-electron chi connectivity index (χ2n) is 6.33. The molecule has 2 nitrogen and oxygen atoms in total. The number of hydrogen-bond acceptors (Lipinski definition) is 2. The molecule has 0 bridgehead atoms. The zero-order valence-electron chi connectivity index (χ0n) is 13.5. The summed E-state index contributed by atoms with van der Waals surface area (Å²) in [6.07, 6.45) is -0.761. The zero-order chi connectivity index (χ0) is 17.4. The molecule has 4 aromatic rings. The molecule has 0 aliphatic heterocycles. The highest BCUT2D eigenvalue weighted by Crippen LogP contribution is 2.57. The third-order valence-corrected chi connectivity index (χ3v) is 5.69. The third kappa shape index (κ3) is 3.64. The van der Waals surface area contributed by atoms with Crippen molar-refractivity contribution in [3.63, 3.8) is 0 Å². The van der Waals surface area contributed by atoms with E-state index in [4.69, 9.17) is 27.0 Å². The zero-order valence-corrected chi connectivity index (χ0v) is 16.0. The van der Waals surface area contributed by atoms with Gasteiger partial charge in [-0.3, -0.25) is 4.57 Å². The lowest BCUT2D eigenvalue weighted by Gasteiger charge is -2.12. The molecule has 0 atom stereocenters. The maximum Gasteiger partial charge on any atom is 0.380 e. The molecule has 5 heteroatoms. The molecule has 0 aromatic heterocycles. The molecule has 0 saturated carbocycles. The summed E-state index contributed by atoms with van der Waals surface area (Å²) in [7, 11) is 0. The first-order valence-corrected chi connectivity index (χ1v) is 11.8. The Bertz CT molecular complexity index is 1020. The quantitative estimate of drug-likeness (QED) is 0.193. The molecule has 0 saturated heterocycles. The van der Waals surface area contributed by atoms with Crippen LogP contribution in [0.2, 0.25) is 0 Å². The van der Waals surface area contributed by atoms with Crippen molar-refractivity contribution in [2.45, 2.75) is 19.3 Å². The highest BCUT2D eigenvalue weighted by Gasteiger charge is 2.13. The standard InChI is InChI=1S/C20H17Cl2O2P/c21-25(22,23)24-11-2-1-4-14-12-17-9-7-15-5-3-6-16-8-10-18(13-14)20(17)19(15)16/h3,5-10,12-13H,1-2,4,11H2. The maximum atomic E-state index is 11.1. The predicted molar refractivity (Wildman–Crippen MR) is 108 cm³/mol. The van der Waals surface area contributed by atoms with Crippen molar-refractivity contribution < 1.29 is 9.09 Å². The van der Waals surface area contributed by atoms with Gasteiger partial charge in [-0.25, -0.2) is 0 Å². The van der Waals surface area contributed by atoms with E-state index in [0.29, 0.717) is 6.61 Å². The fourth-order valence-corrected chi connectivity index (χ4v) is 4.32. The van der Waals surface area contributed by atoms with Crippen LogP contribution in [0.5, 0.6) is 0 Å². The molecule has 25 heavy (non-hydrogen) atoms. The van der Waals surface area contributed by atoms with Gasteiger partial charge in [0.1, 0.15) is 0 Å². The van der Waals surface area contributed by atoms with E-state index >= 15 is 0 Å². The van der Waals surface area contributed by atoms with E-state index in [1.807, 2.05) is 0 Å². The molecule has 4 aromatic carbocycles. The van der Waals surface area contributed by atoms with E-state index in [0.717, 1.165) is 19.3 Å². The summed E-state index contributed by atoms with van der Waals surface area (Å²) in [6.45, 7) is 0.318. The van der Waals surface area contributed by atoms with Crippen molar-refractivity contribution in [1.29, 1.82) is 0 Å². The van der Waals surface area contributed by atoms with Gasteiger partial charge in [0.2, 0.25) is 0 Å². The summed E-state index contributed by atoms with van der Waals surface area (Å²) >= 11 is 10.8. The van der Waals surface area contributed by atoms with Crippen molar-refractivity contribution in [1.82, 2.24) is 0 Å². The Kier molecular flexibility index (Phi) is 4.64. The first kappa shape index (κ1) is 17.1. The lowest BCUT2D eigenvalue weighted by molar-refractivity contribution is 0.323. The van der Waals surface area contributed by atoms with Crippen molar-refractivity contribution in [3.8, 4) is 0 Å². The van der Waals surface area contributed by atoms with Crippen LogP contribution in [-0.2, 0) is 15.5 Å². The number of hydrogen-bond donors (Lipinski definition) is 0. The lowest BCUT2D eigenvalue weighted by Crippen LogP contribution is -1.92. The van der Waals surface area contributed by atoms with Gasteiger partial charge < -0.3 is 4.52 Å². The second-order valence-corrected chi connectivity index (χ2v) is 10.6. The Balaban J connectivity index is 1.60. The van der Waals surface area contributed by atoms with Crippen molar-refractivity contribution in [3.05, 3.63) is 60.2 Å². The molecule has 0 spiro atoms. The first-order chi connectivity index (χ1) is 12.0. The van der Waals surface area contributed by atoms with Crippen LogP contribution in [0.3, 0.4) is 0 Å². The Morgan fingerprint density at radius 1 is 0.800 bits per heavy atom. The van der Waals surface area contributed by atoms with Crippen molar-refractivity contribution >= 4 is 60.9 Å². The Labute approximate surface area is 156 Å². The van der Waals surface area contributed by atoms with Gasteiger partial charge in [-0.1, -0.05) is 54.6 Å². The summed E-state index contributed by atoms with van der Waals surface area (Å²) in [4.78, 5) is 0. The van der Waals surface area contributed by atoms with Gasteiger partial charge in [-0.15, -0.1) is 0 Å². The molecular formula is C20H17Cl2O2P. The number of aryl methyl sites for hydroxylation is 1. The molecule has 4 rings (SSSR count). The molecule has 0 amide bonds. The molecule has 0 unspecified atom stereocenters. The van der Waals surface area contributed by atoms with Crippen LogP contribution in [0.15, 0.2) is 54.6 Å². The van der Waals surface area contributed by atoms with E-state index in [2.05, 4.69) is 54.6 Å². The van der Waals surface area contributed by atoms with Crippen molar-refractivity contribution in [2.75, 3.05) is 6.61 Å². The summed E-state index contributed by atoms with van der Waals surface area (Å²) in [5, 5.41) is 7.81. The lowest BCUT2D eigenvalue weighted by atomic mass is 9.92. The summed E-state index contributed by atoms with van der Waals surface area (Å²) < 4.78 is 16.0. The fourth-order valence-electron chi connectivity index (χ4n) is 3.56. The van der Waals surface area contributed by atoms with Crippen LogP contribution < -0.4 is 0 Å². The van der Waals surface area contributed by atoms with Crippen LogP contribution in [0.25, 0.3) is 32.3 Å². The van der Waals surface area contributed by atoms with Crippen LogP contribution in [0.4, 0.5) is 0 Å². The second kappa shape index (κ2) is 6.78. The first-order valence-electron chi connectivity index (χ1n) is 8.32. The smallest absolute Gasteiger partial charge is 0.306 e. The molecule has 0 N–H and O–H groups in total. The minimum atomic E-state index is -3.40. The number of unbranched alkanes of at least 4 members (excludes halogenated alkanes) is 1. The van der Waals surface area contributed by atoms with Gasteiger partial charge in [0.25, 0.3) is 0 Å². The third-order valence-electron chi connectivity index (χ3n) is 4.62. The van der Waals surface area contributed by atoms with E-state index in [9.17, 15) is 4.57 Å². The molecule has 0 radical (unpaired) electrons. The minimum absolute atomic E-state index is 0.318. The van der Waals surface area contributed by atoms with Crippen LogP contribution in [0.1, 0.15) is 18.4 Å². The SMILES string of the molecule is O=P(Cl)(Cl)OCCCCc1cc2ccc3cccc4ccc(c1)c2c34.